The number of nitrogens with zero attached hydrogens (tertiary/aromatic N) is 3. The van der Waals surface area contributed by atoms with E-state index in [1.807, 2.05) is 0 Å². The van der Waals surface area contributed by atoms with Gasteiger partial charge in [0.2, 0.25) is 0 Å². The molecule has 0 saturated carbocycles. The minimum Gasteiger partial charge on any atom is -0.379 e. The Hall–Kier alpha value is 0.0400. The third-order valence-corrected chi connectivity index (χ3v) is 7.05. The molecule has 3 saturated heterocycles. The normalized spacial score (nSPS) is 31.9. The van der Waals surface area contributed by atoms with Gasteiger partial charge in [-0.1, -0.05) is 6.92 Å². The van der Waals surface area contributed by atoms with E-state index in [2.05, 4.69) is 17.1 Å². The summed E-state index contributed by atoms with van der Waals surface area (Å²) >= 11 is 0. The molecule has 23 heavy (non-hydrogen) atoms. The highest BCUT2D eigenvalue weighted by Gasteiger charge is 2.36. The lowest BCUT2D eigenvalue weighted by Crippen LogP contribution is -2.56. The zero-order valence-corrected chi connectivity index (χ0v) is 15.5. The Labute approximate surface area is 145 Å². The van der Waals surface area contributed by atoms with E-state index in [1.165, 1.54) is 6.42 Å². The number of morpholine rings is 1. The first-order valence-corrected chi connectivity index (χ1v) is 9.65. The van der Waals surface area contributed by atoms with Gasteiger partial charge in [0.15, 0.2) is 0 Å². The van der Waals surface area contributed by atoms with E-state index < -0.39 is 10.2 Å². The smallest absolute Gasteiger partial charge is 0.282 e. The summed E-state index contributed by atoms with van der Waals surface area (Å²) in [5.41, 5.74) is 0.339. The lowest BCUT2D eigenvalue weighted by Gasteiger charge is -2.40. The molecule has 1 atom stereocenters. The Morgan fingerprint density at radius 2 is 1.65 bits per heavy atom. The minimum absolute atomic E-state index is 0. The Morgan fingerprint density at radius 3 is 2.22 bits per heavy atom. The van der Waals surface area contributed by atoms with Crippen LogP contribution in [0.15, 0.2) is 0 Å². The zero-order chi connectivity index (χ0) is 15.6. The monoisotopic (exact) mass is 368 g/mol. The van der Waals surface area contributed by atoms with Crippen molar-refractivity contribution in [2.24, 2.45) is 5.41 Å². The fourth-order valence-electron chi connectivity index (χ4n) is 3.60. The van der Waals surface area contributed by atoms with Crippen molar-refractivity contribution in [3.05, 3.63) is 0 Å². The minimum atomic E-state index is -3.30. The van der Waals surface area contributed by atoms with Gasteiger partial charge in [0.05, 0.1) is 13.2 Å². The Bertz CT molecular complexity index is 470. The SMILES string of the molecule is CC1(CN2CCN(S(=O)(=O)N3CCOCC3)CC2)CCNC1.Cl. The molecule has 9 heteroatoms. The van der Waals surface area contributed by atoms with Crippen LogP contribution in [-0.2, 0) is 14.9 Å². The Kier molecular flexibility index (Phi) is 6.69. The van der Waals surface area contributed by atoms with E-state index in [4.69, 9.17) is 4.74 Å². The van der Waals surface area contributed by atoms with Crippen LogP contribution in [0.5, 0.6) is 0 Å². The summed E-state index contributed by atoms with van der Waals surface area (Å²) in [6, 6.07) is 0. The Morgan fingerprint density at radius 1 is 1.04 bits per heavy atom. The molecule has 0 amide bonds. The number of piperazine rings is 1. The van der Waals surface area contributed by atoms with Crippen LogP contribution in [0.2, 0.25) is 0 Å². The fourth-order valence-corrected chi connectivity index (χ4v) is 5.16. The fraction of sp³-hybridized carbons (Fsp3) is 1.00. The number of hydrogen-bond donors (Lipinski definition) is 1. The van der Waals surface area contributed by atoms with Gasteiger partial charge in [0.1, 0.15) is 0 Å². The molecule has 1 N–H and O–H groups in total. The summed E-state index contributed by atoms with van der Waals surface area (Å²) < 4.78 is 33.7. The first-order valence-electron chi connectivity index (χ1n) is 8.26. The van der Waals surface area contributed by atoms with Crippen LogP contribution in [0.25, 0.3) is 0 Å². The van der Waals surface area contributed by atoms with Crippen LogP contribution in [0.4, 0.5) is 0 Å². The molecule has 136 valence electrons. The molecular formula is C14H29ClN4O3S. The number of rotatable bonds is 4. The average molecular weight is 369 g/mol. The molecule has 0 aromatic heterocycles. The van der Waals surface area contributed by atoms with E-state index in [0.717, 1.165) is 32.7 Å². The summed E-state index contributed by atoms with van der Waals surface area (Å²) in [6.07, 6.45) is 1.21. The van der Waals surface area contributed by atoms with Gasteiger partial charge >= 0.3 is 0 Å². The van der Waals surface area contributed by atoms with Crippen molar-refractivity contribution in [1.82, 2.24) is 18.8 Å². The number of ether oxygens (including phenoxy) is 1. The molecule has 3 rings (SSSR count). The van der Waals surface area contributed by atoms with Crippen molar-refractivity contribution in [2.45, 2.75) is 13.3 Å². The van der Waals surface area contributed by atoms with E-state index in [-0.39, 0.29) is 12.4 Å². The third-order valence-electron chi connectivity index (χ3n) is 5.02. The largest absolute Gasteiger partial charge is 0.379 e. The van der Waals surface area contributed by atoms with Crippen molar-refractivity contribution >= 4 is 22.6 Å². The lowest BCUT2D eigenvalue weighted by atomic mass is 9.89. The molecule has 0 aliphatic carbocycles. The van der Waals surface area contributed by atoms with Gasteiger partial charge in [-0.15, -0.1) is 12.4 Å². The van der Waals surface area contributed by atoms with Crippen LogP contribution < -0.4 is 5.32 Å². The van der Waals surface area contributed by atoms with Crippen molar-refractivity contribution in [2.75, 3.05) is 72.1 Å². The highest BCUT2D eigenvalue weighted by Crippen LogP contribution is 2.26. The van der Waals surface area contributed by atoms with E-state index in [9.17, 15) is 8.42 Å². The molecule has 7 nitrogen and oxygen atoms in total. The zero-order valence-electron chi connectivity index (χ0n) is 13.9. The maximum absolute atomic E-state index is 12.6. The summed E-state index contributed by atoms with van der Waals surface area (Å²) in [7, 11) is -3.30. The van der Waals surface area contributed by atoms with Gasteiger partial charge in [-0.2, -0.15) is 17.0 Å². The predicted octanol–water partition coefficient (Wildman–Crippen LogP) is -0.398. The molecule has 0 spiro atoms. The number of halogens is 1. The van der Waals surface area contributed by atoms with Gasteiger partial charge in [-0.05, 0) is 18.4 Å². The quantitative estimate of drug-likeness (QED) is 0.731. The summed E-state index contributed by atoms with van der Waals surface area (Å²) in [6.45, 7) is 10.4. The van der Waals surface area contributed by atoms with E-state index in [0.29, 0.717) is 44.8 Å². The van der Waals surface area contributed by atoms with Crippen molar-refractivity contribution < 1.29 is 13.2 Å². The van der Waals surface area contributed by atoms with Crippen LogP contribution >= 0.6 is 12.4 Å². The predicted molar refractivity (Wildman–Crippen MR) is 92.2 cm³/mol. The molecular weight excluding hydrogens is 340 g/mol. The van der Waals surface area contributed by atoms with Crippen LogP contribution in [0.3, 0.4) is 0 Å². The summed E-state index contributed by atoms with van der Waals surface area (Å²) in [5, 5.41) is 3.43. The highest BCUT2D eigenvalue weighted by molar-refractivity contribution is 7.86. The Balaban J connectivity index is 0.00000192. The molecule has 0 bridgehead atoms. The maximum atomic E-state index is 12.6. The highest BCUT2D eigenvalue weighted by atomic mass is 35.5. The molecule has 3 aliphatic rings. The van der Waals surface area contributed by atoms with Crippen molar-refractivity contribution in [3.8, 4) is 0 Å². The molecule has 0 aromatic rings. The topological polar surface area (TPSA) is 65.1 Å². The van der Waals surface area contributed by atoms with Crippen molar-refractivity contribution in [3.63, 3.8) is 0 Å². The molecule has 1 unspecified atom stereocenters. The second kappa shape index (κ2) is 7.95. The van der Waals surface area contributed by atoms with E-state index >= 15 is 0 Å². The standard InChI is InChI=1S/C14H28N4O3S.ClH/c1-14(2-3-15-12-14)13-16-4-6-17(7-5-16)22(19,20)18-8-10-21-11-9-18;/h15H,2-13H2,1H3;1H. The average Bonchev–Trinajstić information content (AvgIpc) is 2.95. The first kappa shape index (κ1) is 19.4. The van der Waals surface area contributed by atoms with Crippen LogP contribution in [0, 0.1) is 5.41 Å². The van der Waals surface area contributed by atoms with Gasteiger partial charge < -0.3 is 15.0 Å². The summed E-state index contributed by atoms with van der Waals surface area (Å²) in [4.78, 5) is 2.42. The molecule has 0 aromatic carbocycles. The van der Waals surface area contributed by atoms with Crippen LogP contribution in [0.1, 0.15) is 13.3 Å². The lowest BCUT2D eigenvalue weighted by molar-refractivity contribution is 0.0674. The van der Waals surface area contributed by atoms with Crippen molar-refractivity contribution in [1.29, 1.82) is 0 Å². The van der Waals surface area contributed by atoms with Gasteiger partial charge in [-0.3, -0.25) is 0 Å². The summed E-state index contributed by atoms with van der Waals surface area (Å²) in [5.74, 6) is 0. The number of nitrogens with one attached hydrogen (secondary N) is 1. The van der Waals surface area contributed by atoms with Crippen LogP contribution in [-0.4, -0.2) is 94.0 Å². The van der Waals surface area contributed by atoms with Gasteiger partial charge in [-0.25, -0.2) is 0 Å². The second-order valence-electron chi connectivity index (χ2n) is 6.93. The maximum Gasteiger partial charge on any atom is 0.282 e. The van der Waals surface area contributed by atoms with Gasteiger partial charge in [0.25, 0.3) is 10.2 Å². The van der Waals surface area contributed by atoms with E-state index in [1.54, 1.807) is 8.61 Å². The number of hydrogen-bond acceptors (Lipinski definition) is 5. The molecule has 0 radical (unpaired) electrons. The third kappa shape index (κ3) is 4.56. The van der Waals surface area contributed by atoms with Gasteiger partial charge in [0, 0.05) is 52.4 Å². The molecule has 3 aliphatic heterocycles. The molecule has 3 heterocycles. The second-order valence-corrected chi connectivity index (χ2v) is 8.86. The first-order chi connectivity index (χ1) is 10.5. The molecule has 3 fully saturated rings.